The average Bonchev–Trinajstić information content (AvgIpc) is 3.58. The SMILES string of the molecule is CC1(C)c2ccccc2-c2cc3c4ccccc4n(C4N=C(c5ccc(-c6ccc7ccccc7c6)cc5)c5ccccc5N4)c3cc21. The second kappa shape index (κ2) is 10.0. The number of aromatic nitrogens is 1. The Morgan fingerprint density at radius 1 is 0.521 bits per heavy atom. The lowest BCUT2D eigenvalue weighted by atomic mass is 9.82. The van der Waals surface area contributed by atoms with Crippen LogP contribution < -0.4 is 5.32 Å². The molecule has 0 fully saturated rings. The van der Waals surface area contributed by atoms with Gasteiger partial charge in [-0.05, 0) is 74.5 Å². The molecular formula is C45H33N3. The third kappa shape index (κ3) is 3.91. The predicted octanol–water partition coefficient (Wildman–Crippen LogP) is 11.3. The lowest BCUT2D eigenvalue weighted by Gasteiger charge is -2.28. The highest BCUT2D eigenvalue weighted by atomic mass is 15.3. The summed E-state index contributed by atoms with van der Waals surface area (Å²) in [5, 5.41) is 8.83. The number of aliphatic imine (C=N–C) groups is 1. The van der Waals surface area contributed by atoms with E-state index in [2.05, 4.69) is 175 Å². The van der Waals surface area contributed by atoms with Crippen LogP contribution in [0.2, 0.25) is 0 Å². The minimum Gasteiger partial charge on any atom is -0.346 e. The van der Waals surface area contributed by atoms with Crippen molar-refractivity contribution in [3.05, 3.63) is 174 Å². The Labute approximate surface area is 279 Å². The van der Waals surface area contributed by atoms with E-state index in [1.54, 1.807) is 0 Å². The number of rotatable bonds is 3. The third-order valence-corrected chi connectivity index (χ3v) is 10.6. The van der Waals surface area contributed by atoms with E-state index < -0.39 is 0 Å². The molecule has 0 saturated carbocycles. The number of nitrogens with zero attached hydrogens (tertiary/aromatic N) is 2. The van der Waals surface area contributed by atoms with Crippen LogP contribution in [0.15, 0.2) is 157 Å². The average molecular weight is 616 g/mol. The van der Waals surface area contributed by atoms with Crippen LogP contribution in [0.1, 0.15) is 42.4 Å². The molecule has 3 nitrogen and oxygen atoms in total. The van der Waals surface area contributed by atoms with E-state index in [1.807, 2.05) is 0 Å². The van der Waals surface area contributed by atoms with Crippen LogP contribution in [-0.2, 0) is 5.41 Å². The molecule has 0 spiro atoms. The van der Waals surface area contributed by atoms with E-state index in [-0.39, 0.29) is 11.7 Å². The van der Waals surface area contributed by atoms with Crippen LogP contribution in [0, 0.1) is 0 Å². The molecule has 7 aromatic carbocycles. The molecule has 1 N–H and O–H groups in total. The second-order valence-corrected chi connectivity index (χ2v) is 13.7. The lowest BCUT2D eigenvalue weighted by molar-refractivity contribution is 0.622. The Balaban J connectivity index is 1.14. The Bertz CT molecular complexity index is 2620. The fourth-order valence-electron chi connectivity index (χ4n) is 8.18. The number of benzene rings is 7. The van der Waals surface area contributed by atoms with Crippen molar-refractivity contribution in [2.45, 2.75) is 25.6 Å². The summed E-state index contributed by atoms with van der Waals surface area (Å²) in [7, 11) is 0. The molecule has 10 rings (SSSR count). The van der Waals surface area contributed by atoms with Crippen molar-refractivity contribution in [3.63, 3.8) is 0 Å². The van der Waals surface area contributed by atoms with Crippen LogP contribution in [0.25, 0.3) is 54.8 Å². The van der Waals surface area contributed by atoms with Crippen molar-refractivity contribution in [2.24, 2.45) is 4.99 Å². The Morgan fingerprint density at radius 2 is 1.21 bits per heavy atom. The minimum absolute atomic E-state index is 0.0881. The summed E-state index contributed by atoms with van der Waals surface area (Å²) in [6.45, 7) is 4.70. The summed E-state index contributed by atoms with van der Waals surface area (Å²) < 4.78 is 2.41. The highest BCUT2D eigenvalue weighted by Gasteiger charge is 2.36. The van der Waals surface area contributed by atoms with Crippen molar-refractivity contribution >= 4 is 44.0 Å². The van der Waals surface area contributed by atoms with Gasteiger partial charge in [-0.3, -0.25) is 0 Å². The standard InChI is InChI=1S/C45H33N3/c1-45(2)38-16-8-5-13-33(38)36-26-37-34-14-7-10-18-41(34)48(42(37)27-39(36)45)44-46-40-17-9-6-15-35(40)43(47-44)30-22-19-29(20-23-30)32-24-21-28-11-3-4-12-31(28)25-32/h3-27,44,46H,1-2H3. The maximum Gasteiger partial charge on any atom is 0.201 e. The summed E-state index contributed by atoms with van der Waals surface area (Å²) in [6, 6.07) is 55.2. The van der Waals surface area contributed by atoms with Gasteiger partial charge in [0.15, 0.2) is 0 Å². The molecule has 0 saturated heterocycles. The van der Waals surface area contributed by atoms with E-state index in [9.17, 15) is 0 Å². The Kier molecular flexibility index (Phi) is 5.69. The molecule has 3 heteroatoms. The molecule has 1 aliphatic carbocycles. The first-order chi connectivity index (χ1) is 23.5. The molecule has 8 aromatic rings. The smallest absolute Gasteiger partial charge is 0.201 e. The monoisotopic (exact) mass is 615 g/mol. The quantitative estimate of drug-likeness (QED) is 0.210. The van der Waals surface area contributed by atoms with Gasteiger partial charge in [-0.25, -0.2) is 4.99 Å². The number of para-hydroxylation sites is 2. The molecule has 0 amide bonds. The van der Waals surface area contributed by atoms with Gasteiger partial charge in [0, 0.05) is 33.0 Å². The van der Waals surface area contributed by atoms with E-state index in [0.717, 1.165) is 22.5 Å². The molecule has 1 atom stereocenters. The highest BCUT2D eigenvalue weighted by molar-refractivity contribution is 6.17. The van der Waals surface area contributed by atoms with Crippen LogP contribution >= 0.6 is 0 Å². The van der Waals surface area contributed by atoms with Crippen molar-refractivity contribution in [3.8, 4) is 22.3 Å². The third-order valence-electron chi connectivity index (χ3n) is 10.6. The highest BCUT2D eigenvalue weighted by Crippen LogP contribution is 2.51. The molecule has 0 bridgehead atoms. The molecular weight excluding hydrogens is 583 g/mol. The van der Waals surface area contributed by atoms with Crippen molar-refractivity contribution in [2.75, 3.05) is 5.32 Å². The van der Waals surface area contributed by atoms with Crippen LogP contribution in [0.4, 0.5) is 5.69 Å². The van der Waals surface area contributed by atoms with Gasteiger partial charge in [0.25, 0.3) is 0 Å². The Hall–Kier alpha value is -5.93. The van der Waals surface area contributed by atoms with Crippen molar-refractivity contribution < 1.29 is 0 Å². The topological polar surface area (TPSA) is 29.3 Å². The van der Waals surface area contributed by atoms with E-state index >= 15 is 0 Å². The van der Waals surface area contributed by atoms with Crippen LogP contribution in [-0.4, -0.2) is 10.3 Å². The maximum absolute atomic E-state index is 5.52. The number of hydrogen-bond acceptors (Lipinski definition) is 2. The predicted molar refractivity (Wildman–Crippen MR) is 201 cm³/mol. The summed E-state index contributed by atoms with van der Waals surface area (Å²) in [6.07, 6.45) is -0.317. The molecule has 228 valence electrons. The molecule has 1 unspecified atom stereocenters. The van der Waals surface area contributed by atoms with Gasteiger partial charge in [0.2, 0.25) is 6.29 Å². The fourth-order valence-corrected chi connectivity index (χ4v) is 8.18. The molecule has 2 aliphatic rings. The zero-order chi connectivity index (χ0) is 32.0. The van der Waals surface area contributed by atoms with Gasteiger partial charge in [-0.2, -0.15) is 0 Å². The molecule has 1 aromatic heterocycles. The maximum atomic E-state index is 5.52. The first-order valence-electron chi connectivity index (χ1n) is 16.7. The van der Waals surface area contributed by atoms with E-state index in [4.69, 9.17) is 4.99 Å². The van der Waals surface area contributed by atoms with E-state index in [0.29, 0.717) is 0 Å². The second-order valence-electron chi connectivity index (χ2n) is 13.7. The lowest BCUT2D eigenvalue weighted by Crippen LogP contribution is -2.25. The molecule has 1 aliphatic heterocycles. The number of anilines is 1. The first-order valence-corrected chi connectivity index (χ1v) is 16.7. The van der Waals surface area contributed by atoms with Gasteiger partial charge in [0.05, 0.1) is 16.7 Å². The minimum atomic E-state index is -0.317. The normalized spacial score (nSPS) is 16.0. The van der Waals surface area contributed by atoms with Crippen LogP contribution in [0.5, 0.6) is 0 Å². The van der Waals surface area contributed by atoms with Crippen molar-refractivity contribution in [1.29, 1.82) is 0 Å². The van der Waals surface area contributed by atoms with Gasteiger partial charge in [-0.1, -0.05) is 135 Å². The number of fused-ring (bicyclic) bond motifs is 8. The molecule has 48 heavy (non-hydrogen) atoms. The zero-order valence-electron chi connectivity index (χ0n) is 26.9. The van der Waals surface area contributed by atoms with Crippen LogP contribution in [0.3, 0.4) is 0 Å². The summed E-state index contributed by atoms with van der Waals surface area (Å²) >= 11 is 0. The largest absolute Gasteiger partial charge is 0.346 e. The van der Waals surface area contributed by atoms with Gasteiger partial charge in [0.1, 0.15) is 0 Å². The zero-order valence-corrected chi connectivity index (χ0v) is 26.9. The summed E-state index contributed by atoms with van der Waals surface area (Å²) in [5.41, 5.74) is 14.4. The summed E-state index contributed by atoms with van der Waals surface area (Å²) in [5.74, 6) is 0. The first kappa shape index (κ1) is 27.2. The van der Waals surface area contributed by atoms with Gasteiger partial charge >= 0.3 is 0 Å². The van der Waals surface area contributed by atoms with Gasteiger partial charge in [-0.15, -0.1) is 0 Å². The van der Waals surface area contributed by atoms with Crippen molar-refractivity contribution in [1.82, 2.24) is 4.57 Å². The summed E-state index contributed by atoms with van der Waals surface area (Å²) in [4.78, 5) is 5.52. The number of nitrogens with one attached hydrogen (secondary N) is 1. The van der Waals surface area contributed by atoms with E-state index in [1.165, 1.54) is 66.0 Å². The molecule has 2 heterocycles. The van der Waals surface area contributed by atoms with Gasteiger partial charge < -0.3 is 9.88 Å². The Morgan fingerprint density at radius 3 is 2.08 bits per heavy atom. The number of hydrogen-bond donors (Lipinski definition) is 1. The fraction of sp³-hybridized carbons (Fsp3) is 0.0889. The molecule has 0 radical (unpaired) electrons.